The molecule has 0 fully saturated rings. The summed E-state index contributed by atoms with van der Waals surface area (Å²) in [6, 6.07) is 7.39. The Hall–Kier alpha value is -1.88. The van der Waals surface area contributed by atoms with E-state index < -0.39 is 0 Å². The van der Waals surface area contributed by atoms with E-state index in [4.69, 9.17) is 0 Å². The minimum absolute atomic E-state index is 0.0838. The lowest BCUT2D eigenvalue weighted by atomic mass is 10.1. The van der Waals surface area contributed by atoms with E-state index in [0.717, 1.165) is 38.6 Å². The fourth-order valence-electron chi connectivity index (χ4n) is 2.63. The molecule has 3 N–H and O–H groups in total. The maximum absolute atomic E-state index is 12.2. The molecule has 0 radical (unpaired) electrons. The van der Waals surface area contributed by atoms with Crippen molar-refractivity contribution in [2.24, 2.45) is 5.92 Å². The Bertz CT molecular complexity index is 555. The van der Waals surface area contributed by atoms with Crippen LogP contribution in [0.5, 0.6) is 0 Å². The molecule has 1 aromatic carbocycles. The Balaban J connectivity index is 2.27. The van der Waals surface area contributed by atoms with Gasteiger partial charge in [0.25, 0.3) is 11.8 Å². The van der Waals surface area contributed by atoms with Gasteiger partial charge in [-0.3, -0.25) is 9.59 Å². The largest absolute Gasteiger partial charge is 0.352 e. The summed E-state index contributed by atoms with van der Waals surface area (Å²) in [6.45, 7) is 11.0. The molecule has 0 aliphatic rings. The van der Waals surface area contributed by atoms with Crippen LogP contribution in [0.4, 0.5) is 0 Å². The van der Waals surface area contributed by atoms with Gasteiger partial charge >= 0.3 is 0 Å². The molecule has 0 aliphatic carbocycles. The summed E-state index contributed by atoms with van der Waals surface area (Å²) in [4.78, 5) is 24.3. The second kappa shape index (κ2) is 13.3. The lowest BCUT2D eigenvalue weighted by Crippen LogP contribution is -2.28. The summed E-state index contributed by atoms with van der Waals surface area (Å²) in [5.74, 6) is 0.476. The number of carbonyl (C=O) groups is 2. The van der Waals surface area contributed by atoms with Crippen LogP contribution in [0.15, 0.2) is 24.3 Å². The van der Waals surface area contributed by atoms with Gasteiger partial charge in [0.2, 0.25) is 0 Å². The van der Waals surface area contributed by atoms with E-state index in [-0.39, 0.29) is 11.8 Å². The third-order valence-corrected chi connectivity index (χ3v) is 4.65. The molecule has 0 aliphatic heterocycles. The van der Waals surface area contributed by atoms with Gasteiger partial charge in [-0.05, 0) is 75.8 Å². The number of benzene rings is 1. The van der Waals surface area contributed by atoms with Gasteiger partial charge in [0.1, 0.15) is 0 Å². The van der Waals surface area contributed by atoms with E-state index in [9.17, 15) is 9.59 Å². The highest BCUT2D eigenvalue weighted by Crippen LogP contribution is 2.06. The van der Waals surface area contributed by atoms with Gasteiger partial charge in [0.15, 0.2) is 0 Å². The molecule has 5 nitrogen and oxygen atoms in total. The van der Waals surface area contributed by atoms with Crippen molar-refractivity contribution >= 4 is 11.8 Å². The molecular weight excluding hydrogens is 338 g/mol. The third-order valence-electron chi connectivity index (χ3n) is 4.65. The fourth-order valence-corrected chi connectivity index (χ4v) is 2.63. The van der Waals surface area contributed by atoms with Gasteiger partial charge in [-0.1, -0.05) is 20.8 Å². The molecule has 0 spiro atoms. The number of hydrogen-bond donors (Lipinski definition) is 3. The highest BCUT2D eigenvalue weighted by atomic mass is 16.2. The minimum Gasteiger partial charge on any atom is -0.352 e. The predicted molar refractivity (Wildman–Crippen MR) is 112 cm³/mol. The Labute approximate surface area is 164 Å². The van der Waals surface area contributed by atoms with Crippen molar-refractivity contribution in [2.45, 2.75) is 65.8 Å². The molecule has 152 valence electrons. The van der Waals surface area contributed by atoms with Crippen molar-refractivity contribution in [1.82, 2.24) is 16.0 Å². The number of carbonyl (C=O) groups excluding carboxylic acids is 2. The van der Waals surface area contributed by atoms with Crippen LogP contribution in [0.25, 0.3) is 0 Å². The summed E-state index contributed by atoms with van der Waals surface area (Å²) in [6.07, 6.45) is 5.21. The van der Waals surface area contributed by atoms with Crippen LogP contribution in [-0.4, -0.2) is 37.5 Å². The average molecular weight is 376 g/mol. The third kappa shape index (κ3) is 10.1. The first-order valence-electron chi connectivity index (χ1n) is 10.3. The van der Waals surface area contributed by atoms with Crippen LogP contribution in [0.1, 0.15) is 80.5 Å². The van der Waals surface area contributed by atoms with Gasteiger partial charge in [-0.2, -0.15) is 0 Å². The number of unbranched alkanes of at least 4 members (excludes halogenated alkanes) is 1. The summed E-state index contributed by atoms with van der Waals surface area (Å²) in [7, 11) is 0. The highest BCUT2D eigenvalue weighted by molar-refractivity contribution is 5.97. The Morgan fingerprint density at radius 1 is 0.815 bits per heavy atom. The number of nitrogens with one attached hydrogen (secondary N) is 3. The van der Waals surface area contributed by atoms with Crippen molar-refractivity contribution in [3.05, 3.63) is 35.4 Å². The second-order valence-corrected chi connectivity index (χ2v) is 7.60. The van der Waals surface area contributed by atoms with Gasteiger partial charge in [-0.15, -0.1) is 0 Å². The molecule has 0 bridgehead atoms. The van der Waals surface area contributed by atoms with E-state index >= 15 is 0 Å². The standard InChI is InChI=1S/C22H37N3O2/c1-5-18(4)23-14-6-7-15-24-21(26)19-10-12-20(13-11-19)22(27)25-16-8-9-17(2)3/h10-13,17-18,23H,5-9,14-16H2,1-4H3,(H,24,26)(H,25,27). The molecule has 0 aromatic heterocycles. The van der Waals surface area contributed by atoms with Crippen molar-refractivity contribution in [1.29, 1.82) is 0 Å². The lowest BCUT2D eigenvalue weighted by molar-refractivity contribution is 0.0941. The van der Waals surface area contributed by atoms with Crippen LogP contribution < -0.4 is 16.0 Å². The maximum atomic E-state index is 12.2. The number of rotatable bonds is 13. The molecule has 0 saturated carbocycles. The molecule has 0 saturated heterocycles. The molecule has 5 heteroatoms. The topological polar surface area (TPSA) is 70.2 Å². The van der Waals surface area contributed by atoms with Crippen LogP contribution >= 0.6 is 0 Å². The van der Waals surface area contributed by atoms with Crippen molar-refractivity contribution in [3.8, 4) is 0 Å². The lowest BCUT2D eigenvalue weighted by Gasteiger charge is -2.11. The van der Waals surface area contributed by atoms with E-state index in [1.165, 1.54) is 0 Å². The molecule has 1 atom stereocenters. The smallest absolute Gasteiger partial charge is 0.251 e. The predicted octanol–water partition coefficient (Wildman–Crippen LogP) is 3.75. The van der Waals surface area contributed by atoms with E-state index in [1.54, 1.807) is 24.3 Å². The monoisotopic (exact) mass is 375 g/mol. The maximum Gasteiger partial charge on any atom is 0.251 e. The highest BCUT2D eigenvalue weighted by Gasteiger charge is 2.08. The Kier molecular flexibility index (Phi) is 11.4. The zero-order valence-electron chi connectivity index (χ0n) is 17.4. The first-order chi connectivity index (χ1) is 12.9. The van der Waals surface area contributed by atoms with E-state index in [1.807, 2.05) is 0 Å². The quantitative estimate of drug-likeness (QED) is 0.460. The summed E-state index contributed by atoms with van der Waals surface area (Å²) < 4.78 is 0. The molecule has 0 heterocycles. The molecule has 27 heavy (non-hydrogen) atoms. The summed E-state index contributed by atoms with van der Waals surface area (Å²) in [5.41, 5.74) is 1.18. The first-order valence-corrected chi connectivity index (χ1v) is 10.3. The van der Waals surface area contributed by atoms with Crippen LogP contribution in [0, 0.1) is 5.92 Å². The van der Waals surface area contributed by atoms with E-state index in [0.29, 0.717) is 36.2 Å². The van der Waals surface area contributed by atoms with Crippen molar-refractivity contribution < 1.29 is 9.59 Å². The molecule has 1 unspecified atom stereocenters. The molecular formula is C22H37N3O2. The van der Waals surface area contributed by atoms with Crippen LogP contribution in [0.3, 0.4) is 0 Å². The zero-order valence-corrected chi connectivity index (χ0v) is 17.4. The fraction of sp³-hybridized carbons (Fsp3) is 0.636. The number of hydrogen-bond acceptors (Lipinski definition) is 3. The van der Waals surface area contributed by atoms with Crippen LogP contribution in [0.2, 0.25) is 0 Å². The number of amides is 2. The first kappa shape index (κ1) is 23.2. The second-order valence-electron chi connectivity index (χ2n) is 7.60. The summed E-state index contributed by atoms with van der Waals surface area (Å²) in [5, 5.41) is 9.30. The van der Waals surface area contributed by atoms with Crippen LogP contribution in [-0.2, 0) is 0 Å². The van der Waals surface area contributed by atoms with Crippen molar-refractivity contribution in [2.75, 3.05) is 19.6 Å². The molecule has 1 rings (SSSR count). The van der Waals surface area contributed by atoms with Gasteiger partial charge in [-0.25, -0.2) is 0 Å². The minimum atomic E-state index is -0.0891. The van der Waals surface area contributed by atoms with Gasteiger partial charge < -0.3 is 16.0 Å². The van der Waals surface area contributed by atoms with Gasteiger partial charge in [0.05, 0.1) is 0 Å². The summed E-state index contributed by atoms with van der Waals surface area (Å²) >= 11 is 0. The SMILES string of the molecule is CCC(C)NCCCCNC(=O)c1ccc(C(=O)NCCCC(C)C)cc1. The van der Waals surface area contributed by atoms with E-state index in [2.05, 4.69) is 43.6 Å². The normalized spacial score (nSPS) is 12.0. The zero-order chi connectivity index (χ0) is 20.1. The van der Waals surface area contributed by atoms with Gasteiger partial charge in [0, 0.05) is 30.3 Å². The molecule has 1 aromatic rings. The Morgan fingerprint density at radius 3 is 1.78 bits per heavy atom. The average Bonchev–Trinajstić information content (AvgIpc) is 2.67. The van der Waals surface area contributed by atoms with Crippen molar-refractivity contribution in [3.63, 3.8) is 0 Å². The Morgan fingerprint density at radius 2 is 1.30 bits per heavy atom. The molecule has 2 amide bonds.